The molecule has 1 unspecified atom stereocenters. The first-order valence-corrected chi connectivity index (χ1v) is 6.06. The molecule has 0 rings (SSSR count). The van der Waals surface area contributed by atoms with Crippen molar-refractivity contribution in [2.75, 3.05) is 19.6 Å². The summed E-state index contributed by atoms with van der Waals surface area (Å²) in [5.74, 6) is 0. The van der Waals surface area contributed by atoms with E-state index in [4.69, 9.17) is 9.26 Å². The van der Waals surface area contributed by atoms with E-state index in [2.05, 4.69) is 0 Å². The molecule has 1 atom stereocenters. The predicted octanol–water partition coefficient (Wildman–Crippen LogP) is 2.31. The molecule has 3 nitrogen and oxygen atoms in total. The monoisotopic (exact) mass is 180 g/mol. The quantitative estimate of drug-likeness (QED) is 0.609. The zero-order valence-corrected chi connectivity index (χ0v) is 8.56. The van der Waals surface area contributed by atoms with Crippen LogP contribution in [0.5, 0.6) is 0 Å². The summed E-state index contributed by atoms with van der Waals surface area (Å²) in [5, 5.41) is 0. The Bertz CT molecular complexity index is 145. The molecule has 0 saturated heterocycles. The molecule has 0 saturated carbocycles. The van der Waals surface area contributed by atoms with E-state index >= 15 is 0 Å². The summed E-state index contributed by atoms with van der Waals surface area (Å²) in [5.41, 5.74) is 0. The van der Waals surface area contributed by atoms with Gasteiger partial charge >= 0.3 is 0 Å². The van der Waals surface area contributed by atoms with E-state index in [0.717, 1.165) is 0 Å². The van der Waals surface area contributed by atoms with Gasteiger partial charge in [0.05, 0.1) is 6.10 Å². The summed E-state index contributed by atoms with van der Waals surface area (Å²) in [6.45, 7) is 7.78. The summed E-state index contributed by atoms with van der Waals surface area (Å²) in [6.07, 6.45) is 0.230. The van der Waals surface area contributed by atoms with Crippen molar-refractivity contribution >= 4 is 7.37 Å². The molecule has 0 bridgehead atoms. The van der Waals surface area contributed by atoms with Crippen molar-refractivity contribution in [3.63, 3.8) is 0 Å². The van der Waals surface area contributed by atoms with Crippen LogP contribution in [0.15, 0.2) is 0 Å². The predicted molar refractivity (Wildman–Crippen MR) is 46.2 cm³/mol. The van der Waals surface area contributed by atoms with E-state index in [0.29, 0.717) is 6.61 Å². The summed E-state index contributed by atoms with van der Waals surface area (Å²) < 4.78 is 21.6. The van der Waals surface area contributed by atoms with Gasteiger partial charge in [-0.1, -0.05) is 0 Å². The average Bonchev–Trinajstić information content (AvgIpc) is 1.81. The van der Waals surface area contributed by atoms with Crippen LogP contribution in [-0.4, -0.2) is 25.7 Å². The minimum absolute atomic E-state index is 0.00582. The first kappa shape index (κ1) is 11.2. The zero-order chi connectivity index (χ0) is 8.91. The van der Waals surface area contributed by atoms with Crippen LogP contribution in [0.1, 0.15) is 20.8 Å². The molecule has 0 N–H and O–H groups in total. The fourth-order valence-corrected chi connectivity index (χ4v) is 2.20. The Morgan fingerprint density at radius 3 is 2.36 bits per heavy atom. The number of hydrogen-bond acceptors (Lipinski definition) is 3. The van der Waals surface area contributed by atoms with Crippen LogP contribution in [-0.2, 0) is 13.8 Å². The molecule has 0 fully saturated rings. The summed E-state index contributed by atoms with van der Waals surface area (Å²) in [6, 6.07) is 0. The molecule has 68 valence electrons. The van der Waals surface area contributed by atoms with Crippen molar-refractivity contribution in [2.45, 2.75) is 26.9 Å². The Kier molecular flexibility index (Phi) is 4.98. The lowest BCUT2D eigenvalue weighted by atomic mass is 10.5. The highest BCUT2D eigenvalue weighted by molar-refractivity contribution is 7.57. The van der Waals surface area contributed by atoms with E-state index < -0.39 is 7.37 Å². The molecule has 0 aromatic heterocycles. The fraction of sp³-hybridized carbons (Fsp3) is 1.00. The van der Waals surface area contributed by atoms with Gasteiger partial charge in [-0.15, -0.1) is 0 Å². The van der Waals surface area contributed by atoms with Crippen LogP contribution in [0.3, 0.4) is 0 Å². The van der Waals surface area contributed by atoms with Gasteiger partial charge in [0.25, 0.3) is 0 Å². The van der Waals surface area contributed by atoms with Crippen LogP contribution in [0, 0.1) is 0 Å². The third kappa shape index (κ3) is 6.54. The normalized spacial score (nSPS) is 16.8. The standard InChI is InChI=1S/C7H17O3P/c1-5-9-6-11(4,8)10-7(2)3/h7H,5-6H2,1-4H3. The Morgan fingerprint density at radius 1 is 1.45 bits per heavy atom. The molecule has 4 heteroatoms. The van der Waals surface area contributed by atoms with E-state index in [9.17, 15) is 4.57 Å². The molecule has 0 aliphatic carbocycles. The van der Waals surface area contributed by atoms with Crippen molar-refractivity contribution in [1.29, 1.82) is 0 Å². The second-order valence-electron chi connectivity index (χ2n) is 2.79. The van der Waals surface area contributed by atoms with Crippen molar-refractivity contribution in [3.05, 3.63) is 0 Å². The van der Waals surface area contributed by atoms with Gasteiger partial charge < -0.3 is 9.26 Å². The van der Waals surface area contributed by atoms with E-state index in [-0.39, 0.29) is 12.5 Å². The average molecular weight is 180 g/mol. The largest absolute Gasteiger partial charge is 0.372 e. The van der Waals surface area contributed by atoms with Gasteiger partial charge in [0.2, 0.25) is 7.37 Å². The Morgan fingerprint density at radius 2 is 2.00 bits per heavy atom. The van der Waals surface area contributed by atoms with E-state index in [1.165, 1.54) is 0 Å². The Balaban J connectivity index is 3.71. The SMILES string of the molecule is CCOCP(C)(=O)OC(C)C. The van der Waals surface area contributed by atoms with Crippen molar-refractivity contribution in [1.82, 2.24) is 0 Å². The van der Waals surface area contributed by atoms with Gasteiger partial charge in [0.15, 0.2) is 0 Å². The molecular formula is C7H17O3P. The first-order valence-electron chi connectivity index (χ1n) is 3.80. The van der Waals surface area contributed by atoms with Gasteiger partial charge in [-0.05, 0) is 20.8 Å². The second kappa shape index (κ2) is 4.91. The fourth-order valence-electron chi connectivity index (χ4n) is 0.733. The third-order valence-corrected chi connectivity index (χ3v) is 2.48. The topological polar surface area (TPSA) is 35.5 Å². The molecule has 0 amide bonds. The van der Waals surface area contributed by atoms with Crippen LogP contribution in [0.25, 0.3) is 0 Å². The lowest BCUT2D eigenvalue weighted by Crippen LogP contribution is -2.04. The highest BCUT2D eigenvalue weighted by atomic mass is 31.2. The molecule has 0 aromatic rings. The second-order valence-corrected chi connectivity index (χ2v) is 5.29. The smallest absolute Gasteiger partial charge is 0.225 e. The van der Waals surface area contributed by atoms with Gasteiger partial charge in [0, 0.05) is 13.3 Å². The highest BCUT2D eigenvalue weighted by Gasteiger charge is 2.17. The van der Waals surface area contributed by atoms with Crippen LogP contribution in [0.4, 0.5) is 0 Å². The summed E-state index contributed by atoms with van der Waals surface area (Å²) in [4.78, 5) is 0. The Hall–Kier alpha value is 0.150. The third-order valence-electron chi connectivity index (χ3n) is 0.964. The molecule has 0 aliphatic rings. The zero-order valence-electron chi connectivity index (χ0n) is 7.66. The van der Waals surface area contributed by atoms with Gasteiger partial charge in [-0.25, -0.2) is 0 Å². The lowest BCUT2D eigenvalue weighted by molar-refractivity contribution is 0.164. The molecule has 11 heavy (non-hydrogen) atoms. The van der Waals surface area contributed by atoms with E-state index in [1.807, 2.05) is 20.8 Å². The van der Waals surface area contributed by atoms with Gasteiger partial charge in [0.1, 0.15) is 6.35 Å². The summed E-state index contributed by atoms with van der Waals surface area (Å²) >= 11 is 0. The van der Waals surface area contributed by atoms with E-state index in [1.54, 1.807) is 6.66 Å². The molecule has 0 radical (unpaired) electrons. The summed E-state index contributed by atoms with van der Waals surface area (Å²) in [7, 11) is -2.49. The number of rotatable bonds is 5. The maximum absolute atomic E-state index is 11.4. The molecule has 0 heterocycles. The van der Waals surface area contributed by atoms with Gasteiger partial charge in [-0.2, -0.15) is 0 Å². The minimum Gasteiger partial charge on any atom is -0.372 e. The molecule has 0 spiro atoms. The first-order chi connectivity index (χ1) is 4.98. The number of hydrogen-bond donors (Lipinski definition) is 0. The van der Waals surface area contributed by atoms with Crippen LogP contribution < -0.4 is 0 Å². The Labute approximate surface area is 68.5 Å². The maximum Gasteiger partial charge on any atom is 0.225 e. The van der Waals surface area contributed by atoms with Crippen LogP contribution >= 0.6 is 7.37 Å². The van der Waals surface area contributed by atoms with Gasteiger partial charge in [-0.3, -0.25) is 4.57 Å². The minimum atomic E-state index is -2.49. The maximum atomic E-state index is 11.4. The van der Waals surface area contributed by atoms with Crippen molar-refractivity contribution in [3.8, 4) is 0 Å². The molecule has 0 aromatic carbocycles. The molecular weight excluding hydrogens is 163 g/mol. The number of ether oxygens (including phenoxy) is 1. The molecule has 0 aliphatic heterocycles. The lowest BCUT2D eigenvalue weighted by Gasteiger charge is -2.15. The highest BCUT2D eigenvalue weighted by Crippen LogP contribution is 2.43. The van der Waals surface area contributed by atoms with Crippen molar-refractivity contribution < 1.29 is 13.8 Å². The van der Waals surface area contributed by atoms with Crippen molar-refractivity contribution in [2.24, 2.45) is 0 Å². The van der Waals surface area contributed by atoms with Crippen LogP contribution in [0.2, 0.25) is 0 Å².